The Hall–Kier alpha value is -2.65. The molecule has 29 heavy (non-hydrogen) atoms. The maximum atomic E-state index is 15.3. The second-order valence-electron chi connectivity index (χ2n) is 7.96. The van der Waals surface area contributed by atoms with Gasteiger partial charge in [0.1, 0.15) is 12.0 Å². The molecule has 0 spiro atoms. The van der Waals surface area contributed by atoms with E-state index in [2.05, 4.69) is 10.1 Å². The molecular formula is C20H22FN3O5. The topological polar surface area (TPSA) is 93.0 Å². The molecule has 0 saturated carbocycles. The van der Waals surface area contributed by atoms with Crippen molar-refractivity contribution < 1.29 is 23.8 Å². The predicted octanol–water partition coefficient (Wildman–Crippen LogP) is 2.43. The number of carbonyl (C=O) groups is 1. The Morgan fingerprint density at radius 2 is 2.24 bits per heavy atom. The number of anilines is 1. The van der Waals surface area contributed by atoms with Crippen molar-refractivity contribution in [1.29, 1.82) is 0 Å². The van der Waals surface area contributed by atoms with E-state index in [1.54, 1.807) is 11.5 Å². The number of hydrogen-bond acceptors (Lipinski definition) is 6. The number of pyridine rings is 1. The van der Waals surface area contributed by atoms with E-state index in [1.165, 1.54) is 12.3 Å². The van der Waals surface area contributed by atoms with Gasteiger partial charge >= 0.3 is 6.16 Å². The van der Waals surface area contributed by atoms with E-state index < -0.39 is 23.6 Å². The summed E-state index contributed by atoms with van der Waals surface area (Å²) >= 11 is 0. The van der Waals surface area contributed by atoms with Crippen molar-refractivity contribution in [3.63, 3.8) is 0 Å². The first-order valence-corrected chi connectivity index (χ1v) is 9.85. The first-order chi connectivity index (χ1) is 13.9. The van der Waals surface area contributed by atoms with Crippen LogP contribution in [0.2, 0.25) is 0 Å². The van der Waals surface area contributed by atoms with Crippen molar-refractivity contribution in [2.75, 3.05) is 24.5 Å². The molecule has 0 radical (unpaired) electrons. The minimum atomic E-state index is -1.59. The molecule has 0 amide bonds. The molecule has 5 rings (SSSR count). The lowest BCUT2D eigenvalue weighted by Crippen LogP contribution is -2.40. The molecule has 2 aromatic rings. The summed E-state index contributed by atoms with van der Waals surface area (Å²) in [6.45, 7) is 4.42. The van der Waals surface area contributed by atoms with Crippen molar-refractivity contribution in [3.05, 3.63) is 33.9 Å². The SMILES string of the molecule is CC1OCc2c(N3CC4CCCNC4C3)c(F)cc3c(=O)c(OC(=O)O)cn1c23. The monoisotopic (exact) mass is 403 g/mol. The van der Waals surface area contributed by atoms with Gasteiger partial charge < -0.3 is 29.4 Å². The molecule has 3 atom stereocenters. The maximum Gasteiger partial charge on any atom is 0.511 e. The van der Waals surface area contributed by atoms with Crippen molar-refractivity contribution in [3.8, 4) is 5.75 Å². The van der Waals surface area contributed by atoms with E-state index in [0.29, 0.717) is 35.3 Å². The van der Waals surface area contributed by atoms with Gasteiger partial charge in [-0.2, -0.15) is 0 Å². The molecule has 4 heterocycles. The minimum Gasteiger partial charge on any atom is -0.449 e. The molecular weight excluding hydrogens is 381 g/mol. The smallest absolute Gasteiger partial charge is 0.449 e. The van der Waals surface area contributed by atoms with Crippen LogP contribution >= 0.6 is 0 Å². The molecule has 1 aromatic heterocycles. The van der Waals surface area contributed by atoms with Crippen LogP contribution in [0, 0.1) is 11.7 Å². The Bertz CT molecular complexity index is 1050. The van der Waals surface area contributed by atoms with Crippen LogP contribution in [0.25, 0.3) is 10.9 Å². The van der Waals surface area contributed by atoms with E-state index >= 15 is 4.39 Å². The zero-order valence-electron chi connectivity index (χ0n) is 16.0. The number of fused-ring (bicyclic) bond motifs is 1. The van der Waals surface area contributed by atoms with Crippen LogP contribution in [0.1, 0.15) is 31.6 Å². The normalized spacial score (nSPS) is 25.9. The molecule has 9 heteroatoms. The molecule has 3 unspecified atom stereocenters. The fourth-order valence-electron chi connectivity index (χ4n) is 4.98. The number of carboxylic acid groups (broad SMARTS) is 1. The predicted molar refractivity (Wildman–Crippen MR) is 103 cm³/mol. The number of ether oxygens (including phenoxy) is 2. The number of benzene rings is 1. The summed E-state index contributed by atoms with van der Waals surface area (Å²) in [6, 6.07) is 1.54. The van der Waals surface area contributed by atoms with Gasteiger partial charge in [-0.15, -0.1) is 0 Å². The van der Waals surface area contributed by atoms with Crippen LogP contribution < -0.4 is 20.4 Å². The average molecular weight is 403 g/mol. The zero-order chi connectivity index (χ0) is 20.3. The third-order valence-electron chi connectivity index (χ3n) is 6.28. The first-order valence-electron chi connectivity index (χ1n) is 9.85. The highest BCUT2D eigenvalue weighted by atomic mass is 19.1. The second kappa shape index (κ2) is 6.70. The lowest BCUT2D eigenvalue weighted by atomic mass is 9.94. The average Bonchev–Trinajstić information content (AvgIpc) is 3.10. The van der Waals surface area contributed by atoms with Crippen molar-refractivity contribution in [2.24, 2.45) is 5.92 Å². The van der Waals surface area contributed by atoms with Gasteiger partial charge in [0.2, 0.25) is 5.43 Å². The molecule has 154 valence electrons. The van der Waals surface area contributed by atoms with E-state index in [4.69, 9.17) is 9.84 Å². The van der Waals surface area contributed by atoms with Crippen LogP contribution in [0.15, 0.2) is 17.1 Å². The minimum absolute atomic E-state index is 0.102. The van der Waals surface area contributed by atoms with Gasteiger partial charge in [0.25, 0.3) is 0 Å². The van der Waals surface area contributed by atoms with Crippen molar-refractivity contribution in [2.45, 2.75) is 38.6 Å². The fourth-order valence-corrected chi connectivity index (χ4v) is 4.98. The number of nitrogens with one attached hydrogen (secondary N) is 1. The molecule has 2 saturated heterocycles. The van der Waals surface area contributed by atoms with Crippen LogP contribution in [0.5, 0.6) is 5.75 Å². The molecule has 1 aromatic carbocycles. The summed E-state index contributed by atoms with van der Waals surface area (Å²) in [5.41, 5.74) is 1.03. The summed E-state index contributed by atoms with van der Waals surface area (Å²) in [5, 5.41) is 12.5. The largest absolute Gasteiger partial charge is 0.511 e. The number of nitrogens with zero attached hydrogens (tertiary/aromatic N) is 2. The first kappa shape index (κ1) is 18.4. The highest BCUT2D eigenvalue weighted by molar-refractivity contribution is 5.89. The van der Waals surface area contributed by atoms with Crippen LogP contribution in [-0.2, 0) is 11.3 Å². The number of rotatable bonds is 2. The van der Waals surface area contributed by atoms with Crippen LogP contribution in [0.3, 0.4) is 0 Å². The summed E-state index contributed by atoms with van der Waals surface area (Å²) in [6.07, 6.45) is 1.53. The van der Waals surface area contributed by atoms with Gasteiger partial charge in [0.15, 0.2) is 5.75 Å². The third kappa shape index (κ3) is 2.87. The Kier molecular flexibility index (Phi) is 4.25. The van der Waals surface area contributed by atoms with Gasteiger partial charge in [-0.3, -0.25) is 4.79 Å². The maximum absolute atomic E-state index is 15.3. The Morgan fingerprint density at radius 1 is 1.41 bits per heavy atom. The Balaban J connectivity index is 1.69. The molecule has 8 nitrogen and oxygen atoms in total. The molecule has 0 aliphatic carbocycles. The highest BCUT2D eigenvalue weighted by Crippen LogP contribution is 2.40. The molecule has 0 bridgehead atoms. The van der Waals surface area contributed by atoms with Gasteiger partial charge in [0.05, 0.1) is 29.4 Å². The van der Waals surface area contributed by atoms with Gasteiger partial charge in [0, 0.05) is 24.7 Å². The van der Waals surface area contributed by atoms with Gasteiger partial charge in [-0.25, -0.2) is 9.18 Å². The summed E-state index contributed by atoms with van der Waals surface area (Å²) in [5.74, 6) is -0.389. The fraction of sp³-hybridized carbons (Fsp3) is 0.500. The molecule has 2 N–H and O–H groups in total. The van der Waals surface area contributed by atoms with E-state index in [-0.39, 0.29) is 17.7 Å². The Labute approximate surface area is 165 Å². The summed E-state index contributed by atoms with van der Waals surface area (Å²) in [7, 11) is 0. The third-order valence-corrected chi connectivity index (χ3v) is 6.28. The highest BCUT2D eigenvalue weighted by Gasteiger charge is 2.37. The standard InChI is InChI=1S/C20H22FN3O5/c1-10-24-8-16(29-20(26)27)19(25)12-5-14(21)18(13(9-28-10)17(12)24)23-6-11-3-2-4-22-15(11)7-23/h5,8,10-11,15,22H,2-4,6-7,9H2,1H3,(H,26,27). The Morgan fingerprint density at radius 3 is 3.00 bits per heavy atom. The number of piperidine rings is 1. The van der Waals surface area contributed by atoms with E-state index in [9.17, 15) is 9.59 Å². The van der Waals surface area contributed by atoms with Gasteiger partial charge in [-0.1, -0.05) is 0 Å². The summed E-state index contributed by atoms with van der Waals surface area (Å²) < 4.78 is 27.4. The molecule has 3 aliphatic heterocycles. The number of halogens is 1. The van der Waals surface area contributed by atoms with Gasteiger partial charge in [-0.05, 0) is 38.3 Å². The quantitative estimate of drug-likeness (QED) is 0.744. The zero-order valence-corrected chi connectivity index (χ0v) is 16.0. The van der Waals surface area contributed by atoms with Crippen LogP contribution in [-0.4, -0.2) is 41.5 Å². The molecule has 3 aliphatic rings. The lowest BCUT2D eigenvalue weighted by molar-refractivity contribution is -0.00204. The van der Waals surface area contributed by atoms with Crippen molar-refractivity contribution >= 4 is 22.7 Å². The summed E-state index contributed by atoms with van der Waals surface area (Å²) in [4.78, 5) is 25.8. The van der Waals surface area contributed by atoms with E-state index in [1.807, 2.05) is 4.90 Å². The van der Waals surface area contributed by atoms with Crippen LogP contribution in [0.4, 0.5) is 14.9 Å². The number of aromatic nitrogens is 1. The van der Waals surface area contributed by atoms with E-state index in [0.717, 1.165) is 25.9 Å². The lowest BCUT2D eigenvalue weighted by Gasteiger charge is -2.31. The van der Waals surface area contributed by atoms with Crippen molar-refractivity contribution in [1.82, 2.24) is 9.88 Å². The second-order valence-corrected chi connectivity index (χ2v) is 7.96. The number of hydrogen-bond donors (Lipinski definition) is 2. The molecule has 2 fully saturated rings.